The summed E-state index contributed by atoms with van der Waals surface area (Å²) in [5.74, 6) is 4.92. The van der Waals surface area contributed by atoms with E-state index in [1.54, 1.807) is 0 Å². The number of rotatable bonds is 5. The van der Waals surface area contributed by atoms with Crippen LogP contribution in [0.1, 0.15) is 99.3 Å². The number of hydrogen-bond acceptors (Lipinski definition) is 2. The second kappa shape index (κ2) is 8.22. The van der Waals surface area contributed by atoms with Gasteiger partial charge in [0.25, 0.3) is 0 Å². The van der Waals surface area contributed by atoms with Crippen LogP contribution < -0.4 is 0 Å². The van der Waals surface area contributed by atoms with E-state index in [2.05, 4.69) is 47.6 Å². The maximum atomic E-state index is 11.6. The zero-order chi connectivity index (χ0) is 21.8. The summed E-state index contributed by atoms with van der Waals surface area (Å²) in [7, 11) is 0. The summed E-state index contributed by atoms with van der Waals surface area (Å²) < 4.78 is 0. The molecule has 2 heteroatoms. The fourth-order valence-corrected chi connectivity index (χ4v) is 8.81. The number of hydrogen-bond donors (Lipinski definition) is 2. The van der Waals surface area contributed by atoms with Gasteiger partial charge in [-0.1, -0.05) is 66.0 Å². The van der Waals surface area contributed by atoms with Crippen molar-refractivity contribution in [3.63, 3.8) is 0 Å². The Hall–Kier alpha value is -0.340. The van der Waals surface area contributed by atoms with E-state index < -0.39 is 0 Å². The Kier molecular flexibility index (Phi) is 6.26. The zero-order valence-corrected chi connectivity index (χ0v) is 20.5. The van der Waals surface area contributed by atoms with Gasteiger partial charge in [0.2, 0.25) is 0 Å². The summed E-state index contributed by atoms with van der Waals surface area (Å²) in [5.41, 5.74) is 1.87. The molecule has 30 heavy (non-hydrogen) atoms. The van der Waals surface area contributed by atoms with E-state index in [4.69, 9.17) is 0 Å². The largest absolute Gasteiger partial charge is 0.393 e. The highest BCUT2D eigenvalue weighted by molar-refractivity contribution is 5.26. The highest BCUT2D eigenvalue weighted by atomic mass is 16.3. The smallest absolute Gasteiger partial charge is 0.0585 e. The van der Waals surface area contributed by atoms with Crippen molar-refractivity contribution < 1.29 is 10.2 Å². The topological polar surface area (TPSA) is 40.5 Å². The molecule has 0 aromatic carbocycles. The van der Waals surface area contributed by atoms with Crippen molar-refractivity contribution in [3.8, 4) is 0 Å². The van der Waals surface area contributed by atoms with E-state index in [9.17, 15) is 10.2 Å². The molecule has 0 bridgehead atoms. The van der Waals surface area contributed by atoms with Gasteiger partial charge in [0, 0.05) is 0 Å². The summed E-state index contributed by atoms with van der Waals surface area (Å²) >= 11 is 0. The van der Waals surface area contributed by atoms with Crippen LogP contribution in [0.2, 0.25) is 0 Å². The molecule has 4 aliphatic rings. The number of allylic oxidation sites excluding steroid dienone is 1. The molecular weight excluding hydrogens is 368 g/mol. The van der Waals surface area contributed by atoms with Gasteiger partial charge in [-0.3, -0.25) is 0 Å². The van der Waals surface area contributed by atoms with Crippen LogP contribution in [0, 0.1) is 52.3 Å². The van der Waals surface area contributed by atoms with E-state index in [0.29, 0.717) is 17.3 Å². The van der Waals surface area contributed by atoms with Gasteiger partial charge in [-0.05, 0) is 97.2 Å². The molecule has 10 atom stereocenters. The molecule has 0 aromatic heterocycles. The van der Waals surface area contributed by atoms with Crippen molar-refractivity contribution in [2.75, 3.05) is 0 Å². The van der Waals surface area contributed by atoms with E-state index in [-0.39, 0.29) is 17.6 Å². The lowest BCUT2D eigenvalue weighted by atomic mass is 9.46. The van der Waals surface area contributed by atoms with Gasteiger partial charge < -0.3 is 10.2 Å². The van der Waals surface area contributed by atoms with Gasteiger partial charge in [-0.2, -0.15) is 0 Å². The highest BCUT2D eigenvalue weighted by Crippen LogP contribution is 2.67. The van der Waals surface area contributed by atoms with Gasteiger partial charge in [-0.15, -0.1) is 0 Å². The Bertz CT molecular complexity index is 653. The fraction of sp³-hybridized carbons (Fsp3) is 0.929. The Morgan fingerprint density at radius 1 is 1.03 bits per heavy atom. The number of aliphatic hydroxyl groups is 2. The third-order valence-corrected chi connectivity index (χ3v) is 11.0. The quantitative estimate of drug-likeness (QED) is 0.495. The molecule has 0 heterocycles. The Labute approximate surface area is 185 Å². The monoisotopic (exact) mass is 416 g/mol. The Balaban J connectivity index is 1.53. The second-order valence-electron chi connectivity index (χ2n) is 12.8. The Morgan fingerprint density at radius 3 is 2.47 bits per heavy atom. The predicted octanol–water partition coefficient (Wildman–Crippen LogP) is 6.61. The van der Waals surface area contributed by atoms with Crippen LogP contribution in [0.25, 0.3) is 0 Å². The van der Waals surface area contributed by atoms with Crippen LogP contribution in [-0.2, 0) is 0 Å². The molecule has 0 radical (unpaired) electrons. The molecule has 0 aliphatic heterocycles. The SMILES string of the molecule is CC(C)C(C)CCC(C)C1CCC2C3CC=C4CC(O)CCC4(C)C3C(O)CC12C. The molecule has 3 fully saturated rings. The molecule has 4 aliphatic carbocycles. The van der Waals surface area contributed by atoms with Crippen LogP contribution >= 0.6 is 0 Å². The first-order valence-corrected chi connectivity index (χ1v) is 13.1. The third kappa shape index (κ3) is 3.62. The lowest BCUT2D eigenvalue weighted by Gasteiger charge is -2.60. The lowest BCUT2D eigenvalue weighted by molar-refractivity contribution is -0.129. The summed E-state index contributed by atoms with van der Waals surface area (Å²) in [6.45, 7) is 14.6. The molecular formula is C28H48O2. The minimum absolute atomic E-state index is 0.110. The summed E-state index contributed by atoms with van der Waals surface area (Å²) in [4.78, 5) is 0. The average molecular weight is 417 g/mol. The number of fused-ring (bicyclic) bond motifs is 5. The molecule has 3 saturated carbocycles. The van der Waals surface area contributed by atoms with Crippen LogP contribution in [0.5, 0.6) is 0 Å². The fourth-order valence-electron chi connectivity index (χ4n) is 8.81. The van der Waals surface area contributed by atoms with E-state index in [1.807, 2.05) is 0 Å². The van der Waals surface area contributed by atoms with Gasteiger partial charge in [-0.25, -0.2) is 0 Å². The van der Waals surface area contributed by atoms with Crippen molar-refractivity contribution in [2.45, 2.75) is 112 Å². The van der Waals surface area contributed by atoms with E-state index in [1.165, 1.54) is 31.3 Å². The van der Waals surface area contributed by atoms with Crippen molar-refractivity contribution in [1.82, 2.24) is 0 Å². The lowest BCUT2D eigenvalue weighted by Crippen LogP contribution is -2.56. The molecule has 172 valence electrons. The van der Waals surface area contributed by atoms with Gasteiger partial charge in [0.1, 0.15) is 0 Å². The molecule has 4 rings (SSSR count). The van der Waals surface area contributed by atoms with E-state index >= 15 is 0 Å². The van der Waals surface area contributed by atoms with Gasteiger partial charge in [0.05, 0.1) is 12.2 Å². The third-order valence-electron chi connectivity index (χ3n) is 11.0. The predicted molar refractivity (Wildman–Crippen MR) is 125 cm³/mol. The molecule has 2 nitrogen and oxygen atoms in total. The summed E-state index contributed by atoms with van der Waals surface area (Å²) in [5, 5.41) is 21.8. The standard InChI is InChI=1S/C28H48O2/c1-17(2)18(3)7-8-19(4)23-11-12-24-22-10-9-20-15-21(29)13-14-27(20,5)26(22)25(30)16-28(23,24)6/h9,17-19,21-26,29-30H,7-8,10-16H2,1-6H3. The van der Waals surface area contributed by atoms with Crippen LogP contribution in [-0.4, -0.2) is 22.4 Å². The van der Waals surface area contributed by atoms with Crippen molar-refractivity contribution in [3.05, 3.63) is 11.6 Å². The first-order valence-electron chi connectivity index (χ1n) is 13.1. The molecule has 2 N–H and O–H groups in total. The number of aliphatic hydroxyl groups excluding tert-OH is 2. The summed E-state index contributed by atoms with van der Waals surface area (Å²) in [6.07, 6.45) is 12.5. The van der Waals surface area contributed by atoms with Gasteiger partial charge >= 0.3 is 0 Å². The average Bonchev–Trinajstić information content (AvgIpc) is 3.02. The first-order chi connectivity index (χ1) is 14.1. The van der Waals surface area contributed by atoms with Crippen molar-refractivity contribution in [1.29, 1.82) is 0 Å². The van der Waals surface area contributed by atoms with Gasteiger partial charge in [0.15, 0.2) is 0 Å². The van der Waals surface area contributed by atoms with E-state index in [0.717, 1.165) is 61.7 Å². The molecule has 0 saturated heterocycles. The molecule has 10 unspecified atom stereocenters. The van der Waals surface area contributed by atoms with Crippen molar-refractivity contribution in [2.24, 2.45) is 52.3 Å². The second-order valence-corrected chi connectivity index (χ2v) is 12.8. The first kappa shape index (κ1) is 22.8. The maximum Gasteiger partial charge on any atom is 0.0585 e. The zero-order valence-electron chi connectivity index (χ0n) is 20.5. The minimum Gasteiger partial charge on any atom is -0.393 e. The normalized spacial score (nSPS) is 47.8. The minimum atomic E-state index is -0.178. The summed E-state index contributed by atoms with van der Waals surface area (Å²) in [6, 6.07) is 0. The van der Waals surface area contributed by atoms with Crippen LogP contribution in [0.4, 0.5) is 0 Å². The molecule has 0 spiro atoms. The maximum absolute atomic E-state index is 11.6. The van der Waals surface area contributed by atoms with Crippen LogP contribution in [0.3, 0.4) is 0 Å². The molecule has 0 amide bonds. The van der Waals surface area contributed by atoms with Crippen molar-refractivity contribution >= 4 is 0 Å². The van der Waals surface area contributed by atoms with Crippen LogP contribution in [0.15, 0.2) is 11.6 Å². The molecule has 0 aromatic rings. The Morgan fingerprint density at radius 2 is 1.77 bits per heavy atom. The highest BCUT2D eigenvalue weighted by Gasteiger charge is 2.61.